The summed E-state index contributed by atoms with van der Waals surface area (Å²) in [5.41, 5.74) is 1.11. The molecule has 0 radical (unpaired) electrons. The third-order valence-electron chi connectivity index (χ3n) is 3.47. The Hall–Kier alpha value is -2.28. The van der Waals surface area contributed by atoms with E-state index in [9.17, 15) is 4.79 Å². The molecule has 1 aliphatic heterocycles. The molecule has 2 aromatic rings. The first-order chi connectivity index (χ1) is 10.2. The molecule has 0 aromatic carbocycles. The molecule has 1 aliphatic rings. The third-order valence-corrected chi connectivity index (χ3v) is 3.47. The molecule has 0 saturated carbocycles. The molecule has 0 bridgehead atoms. The number of carbonyl (C=O) groups excluding carboxylic acids is 1. The highest BCUT2D eigenvalue weighted by Gasteiger charge is 2.22. The summed E-state index contributed by atoms with van der Waals surface area (Å²) in [5.74, 6) is 0.504. The van der Waals surface area contributed by atoms with E-state index in [2.05, 4.69) is 25.8 Å². The number of hydrogen-bond acceptors (Lipinski definition) is 6. The number of aryl methyl sites for hydroxylation is 1. The van der Waals surface area contributed by atoms with Gasteiger partial charge < -0.3 is 9.73 Å². The number of amides is 1. The number of hydrogen-bond donors (Lipinski definition) is 2. The summed E-state index contributed by atoms with van der Waals surface area (Å²) in [6.07, 6.45) is 1.93. The summed E-state index contributed by atoms with van der Waals surface area (Å²) in [7, 11) is 0. The van der Waals surface area contributed by atoms with Gasteiger partial charge in [0.2, 0.25) is 5.89 Å². The van der Waals surface area contributed by atoms with E-state index in [-0.39, 0.29) is 17.8 Å². The molecule has 0 aliphatic carbocycles. The standard InChI is InChI=1S/C14H17N5O2/c1-9-3-2-4-11(16-9)12(20)17-14-19-18-13(21-14)10-5-7-15-8-6-10/h2-4,10,15H,5-8H2,1H3,(H,17,19,20). The zero-order valence-electron chi connectivity index (χ0n) is 11.8. The zero-order valence-corrected chi connectivity index (χ0v) is 11.8. The minimum absolute atomic E-state index is 0.122. The van der Waals surface area contributed by atoms with E-state index in [4.69, 9.17) is 4.42 Å². The Morgan fingerprint density at radius 3 is 2.90 bits per heavy atom. The SMILES string of the molecule is Cc1cccc(C(=O)Nc2nnc(C3CCNCC3)o2)n1. The van der Waals surface area contributed by atoms with E-state index in [1.807, 2.05) is 13.0 Å². The Morgan fingerprint density at radius 2 is 2.14 bits per heavy atom. The maximum absolute atomic E-state index is 12.0. The summed E-state index contributed by atoms with van der Waals surface area (Å²) in [6.45, 7) is 3.72. The zero-order chi connectivity index (χ0) is 14.7. The van der Waals surface area contributed by atoms with Crippen molar-refractivity contribution in [2.75, 3.05) is 18.4 Å². The first-order valence-electron chi connectivity index (χ1n) is 7.01. The molecule has 0 spiro atoms. The molecule has 0 unspecified atom stereocenters. The number of pyridine rings is 1. The fourth-order valence-corrected chi connectivity index (χ4v) is 2.35. The van der Waals surface area contributed by atoms with Gasteiger partial charge in [-0.15, -0.1) is 5.10 Å². The van der Waals surface area contributed by atoms with Crippen LogP contribution in [0.2, 0.25) is 0 Å². The average molecular weight is 287 g/mol. The molecule has 1 fully saturated rings. The summed E-state index contributed by atoms with van der Waals surface area (Å²) >= 11 is 0. The summed E-state index contributed by atoms with van der Waals surface area (Å²) in [5, 5.41) is 13.8. The number of nitrogens with one attached hydrogen (secondary N) is 2. The van der Waals surface area contributed by atoms with Crippen LogP contribution >= 0.6 is 0 Å². The molecule has 7 heteroatoms. The van der Waals surface area contributed by atoms with Crippen molar-refractivity contribution < 1.29 is 9.21 Å². The van der Waals surface area contributed by atoms with Crippen LogP contribution in [0.4, 0.5) is 6.01 Å². The number of anilines is 1. The second-order valence-electron chi connectivity index (χ2n) is 5.09. The second kappa shape index (κ2) is 6.01. The van der Waals surface area contributed by atoms with Gasteiger partial charge in [-0.05, 0) is 45.0 Å². The highest BCUT2D eigenvalue weighted by molar-refractivity contribution is 6.01. The molecule has 3 heterocycles. The molecule has 2 N–H and O–H groups in total. The van der Waals surface area contributed by atoms with Crippen LogP contribution in [0.25, 0.3) is 0 Å². The Labute approximate surface area is 122 Å². The predicted molar refractivity (Wildman–Crippen MR) is 76.1 cm³/mol. The third kappa shape index (κ3) is 3.25. The van der Waals surface area contributed by atoms with Crippen LogP contribution in [0, 0.1) is 6.92 Å². The number of nitrogens with zero attached hydrogens (tertiary/aromatic N) is 3. The van der Waals surface area contributed by atoms with Gasteiger partial charge in [-0.3, -0.25) is 10.1 Å². The van der Waals surface area contributed by atoms with Crippen molar-refractivity contribution in [3.05, 3.63) is 35.5 Å². The van der Waals surface area contributed by atoms with E-state index < -0.39 is 0 Å². The number of aromatic nitrogens is 3. The molecule has 0 atom stereocenters. The molecule has 110 valence electrons. The number of carbonyl (C=O) groups is 1. The van der Waals surface area contributed by atoms with Crippen molar-refractivity contribution in [2.45, 2.75) is 25.7 Å². The van der Waals surface area contributed by atoms with Gasteiger partial charge in [-0.2, -0.15) is 0 Å². The van der Waals surface area contributed by atoms with Gasteiger partial charge in [0.25, 0.3) is 5.91 Å². The van der Waals surface area contributed by atoms with Crippen LogP contribution in [0.15, 0.2) is 22.6 Å². The molecule has 1 saturated heterocycles. The maximum atomic E-state index is 12.0. The summed E-state index contributed by atoms with van der Waals surface area (Å²) < 4.78 is 5.54. The Balaban J connectivity index is 1.68. The topological polar surface area (TPSA) is 92.9 Å². The van der Waals surface area contributed by atoms with Gasteiger partial charge >= 0.3 is 6.01 Å². The van der Waals surface area contributed by atoms with Crippen LogP contribution in [-0.2, 0) is 0 Å². The highest BCUT2D eigenvalue weighted by Crippen LogP contribution is 2.24. The lowest BCUT2D eigenvalue weighted by molar-refractivity contribution is 0.101. The van der Waals surface area contributed by atoms with Crippen molar-refractivity contribution in [1.82, 2.24) is 20.5 Å². The molecule has 1 amide bonds. The van der Waals surface area contributed by atoms with Crippen LogP contribution in [0.1, 0.15) is 40.8 Å². The van der Waals surface area contributed by atoms with Crippen molar-refractivity contribution >= 4 is 11.9 Å². The smallest absolute Gasteiger partial charge is 0.322 e. The molecule has 3 rings (SSSR count). The minimum atomic E-state index is -0.348. The largest absolute Gasteiger partial charge is 0.408 e. The van der Waals surface area contributed by atoms with Gasteiger partial charge in [0, 0.05) is 11.6 Å². The monoisotopic (exact) mass is 287 g/mol. The lowest BCUT2D eigenvalue weighted by atomic mass is 9.98. The second-order valence-corrected chi connectivity index (χ2v) is 5.09. The molecular formula is C14H17N5O2. The first kappa shape index (κ1) is 13.7. The van der Waals surface area contributed by atoms with E-state index in [0.29, 0.717) is 11.6 Å². The van der Waals surface area contributed by atoms with Gasteiger partial charge in [-0.25, -0.2) is 4.98 Å². The van der Waals surface area contributed by atoms with E-state index >= 15 is 0 Å². The van der Waals surface area contributed by atoms with E-state index in [1.54, 1.807) is 12.1 Å². The maximum Gasteiger partial charge on any atom is 0.322 e. The highest BCUT2D eigenvalue weighted by atomic mass is 16.4. The van der Waals surface area contributed by atoms with Crippen LogP contribution in [0.5, 0.6) is 0 Å². The number of piperidine rings is 1. The Morgan fingerprint density at radius 1 is 1.33 bits per heavy atom. The molecular weight excluding hydrogens is 270 g/mol. The Kier molecular flexibility index (Phi) is 3.92. The van der Waals surface area contributed by atoms with E-state index in [1.165, 1.54) is 0 Å². The summed E-state index contributed by atoms with van der Waals surface area (Å²) in [6, 6.07) is 5.38. The van der Waals surface area contributed by atoms with Gasteiger partial charge in [-0.1, -0.05) is 11.2 Å². The first-order valence-corrected chi connectivity index (χ1v) is 7.01. The normalized spacial score (nSPS) is 15.9. The van der Waals surface area contributed by atoms with Crippen molar-refractivity contribution in [1.29, 1.82) is 0 Å². The van der Waals surface area contributed by atoms with Crippen molar-refractivity contribution in [3.63, 3.8) is 0 Å². The van der Waals surface area contributed by atoms with Gasteiger partial charge in [0.15, 0.2) is 0 Å². The fraction of sp³-hybridized carbons (Fsp3) is 0.429. The predicted octanol–water partition coefficient (Wildman–Crippen LogP) is 1.49. The molecule has 7 nitrogen and oxygen atoms in total. The van der Waals surface area contributed by atoms with Gasteiger partial charge in [0.1, 0.15) is 5.69 Å². The lowest BCUT2D eigenvalue weighted by Crippen LogP contribution is -2.26. The quantitative estimate of drug-likeness (QED) is 0.888. The summed E-state index contributed by atoms with van der Waals surface area (Å²) in [4.78, 5) is 16.2. The molecule has 21 heavy (non-hydrogen) atoms. The van der Waals surface area contributed by atoms with E-state index in [0.717, 1.165) is 31.6 Å². The lowest BCUT2D eigenvalue weighted by Gasteiger charge is -2.18. The van der Waals surface area contributed by atoms with Crippen LogP contribution < -0.4 is 10.6 Å². The number of rotatable bonds is 3. The van der Waals surface area contributed by atoms with Gasteiger partial charge in [0.05, 0.1) is 0 Å². The average Bonchev–Trinajstić information content (AvgIpc) is 2.97. The Bertz CT molecular complexity index is 634. The van der Waals surface area contributed by atoms with Crippen LogP contribution in [-0.4, -0.2) is 34.2 Å². The minimum Gasteiger partial charge on any atom is -0.408 e. The van der Waals surface area contributed by atoms with Crippen molar-refractivity contribution in [3.8, 4) is 0 Å². The van der Waals surface area contributed by atoms with Crippen LogP contribution in [0.3, 0.4) is 0 Å². The fourth-order valence-electron chi connectivity index (χ4n) is 2.35. The molecule has 2 aromatic heterocycles. The van der Waals surface area contributed by atoms with Crippen molar-refractivity contribution in [2.24, 2.45) is 0 Å².